The fraction of sp³-hybridized carbons (Fsp3) is 0.444. The fourth-order valence-corrected chi connectivity index (χ4v) is 3.68. The molecule has 2 aliphatic rings. The average Bonchev–Trinajstić information content (AvgIpc) is 2.84. The van der Waals surface area contributed by atoms with Gasteiger partial charge >= 0.3 is 12.0 Å². The van der Waals surface area contributed by atoms with Crippen molar-refractivity contribution in [1.29, 1.82) is 0 Å². The molecule has 8 heteroatoms. The van der Waals surface area contributed by atoms with Crippen molar-refractivity contribution in [2.75, 3.05) is 25.6 Å². The number of ether oxygens (including phenoxy) is 3. The third kappa shape index (κ3) is 4.24. The van der Waals surface area contributed by atoms with E-state index in [0.717, 1.165) is 22.8 Å². The third-order valence-electron chi connectivity index (χ3n) is 3.97. The normalized spacial score (nSPS) is 19.3. The molecule has 140 valence electrons. The molecule has 2 N–H and O–H groups in total. The van der Waals surface area contributed by atoms with E-state index in [1.165, 1.54) is 11.8 Å². The highest BCUT2D eigenvalue weighted by Gasteiger charge is 2.29. The molecule has 0 bridgehead atoms. The van der Waals surface area contributed by atoms with Gasteiger partial charge in [0.25, 0.3) is 0 Å². The molecule has 1 aromatic rings. The second-order valence-electron chi connectivity index (χ2n) is 5.88. The van der Waals surface area contributed by atoms with E-state index >= 15 is 0 Å². The molecule has 0 saturated heterocycles. The Morgan fingerprint density at radius 2 is 2.08 bits per heavy atom. The van der Waals surface area contributed by atoms with Crippen LogP contribution in [0.5, 0.6) is 11.5 Å². The van der Waals surface area contributed by atoms with Crippen molar-refractivity contribution < 1.29 is 23.8 Å². The molecule has 2 heterocycles. The first kappa shape index (κ1) is 18.4. The summed E-state index contributed by atoms with van der Waals surface area (Å²) in [6.45, 7) is 5.07. The summed E-state index contributed by atoms with van der Waals surface area (Å²) in [5.41, 5.74) is 1.02. The Kier molecular flexibility index (Phi) is 5.92. The molecular formula is C18H22N2O5S. The molecule has 2 aliphatic heterocycles. The zero-order chi connectivity index (χ0) is 18.5. The van der Waals surface area contributed by atoms with E-state index in [2.05, 4.69) is 10.6 Å². The summed E-state index contributed by atoms with van der Waals surface area (Å²) in [5.74, 6) is 1.48. The first-order valence-electron chi connectivity index (χ1n) is 8.58. The van der Waals surface area contributed by atoms with Crippen molar-refractivity contribution in [3.8, 4) is 11.5 Å². The molecule has 1 atom stereocenters. The Morgan fingerprint density at radius 1 is 1.31 bits per heavy atom. The number of amides is 2. The lowest BCUT2D eigenvalue weighted by Crippen LogP contribution is -2.49. The minimum Gasteiger partial charge on any atom is -0.490 e. The summed E-state index contributed by atoms with van der Waals surface area (Å²) in [6, 6.07) is 5.02. The lowest BCUT2D eigenvalue weighted by molar-refractivity contribution is -0.138. The van der Waals surface area contributed by atoms with E-state index in [0.29, 0.717) is 30.2 Å². The minimum atomic E-state index is -0.415. The molecule has 0 aliphatic carbocycles. The molecule has 0 aromatic heterocycles. The molecule has 7 nitrogen and oxygen atoms in total. The average molecular weight is 378 g/mol. The van der Waals surface area contributed by atoms with Crippen molar-refractivity contribution in [2.24, 2.45) is 0 Å². The quantitative estimate of drug-likeness (QED) is 0.605. The number of esters is 1. The number of fused-ring (bicyclic) bond motifs is 1. The molecule has 0 radical (unpaired) electrons. The topological polar surface area (TPSA) is 85.9 Å². The first-order valence-corrected chi connectivity index (χ1v) is 9.57. The van der Waals surface area contributed by atoms with Gasteiger partial charge in [-0.2, -0.15) is 0 Å². The van der Waals surface area contributed by atoms with Gasteiger partial charge in [-0.3, -0.25) is 0 Å². The molecule has 0 spiro atoms. The van der Waals surface area contributed by atoms with Gasteiger partial charge in [0, 0.05) is 22.8 Å². The van der Waals surface area contributed by atoms with Crippen LogP contribution in [0.3, 0.4) is 0 Å². The highest BCUT2D eigenvalue weighted by molar-refractivity contribution is 7.99. The smallest absolute Gasteiger partial charge is 0.337 e. The number of benzene rings is 1. The predicted molar refractivity (Wildman–Crippen MR) is 97.6 cm³/mol. The number of urea groups is 1. The van der Waals surface area contributed by atoms with Crippen LogP contribution in [0, 0.1) is 0 Å². The van der Waals surface area contributed by atoms with Crippen molar-refractivity contribution in [1.82, 2.24) is 10.6 Å². The van der Waals surface area contributed by atoms with Crippen molar-refractivity contribution in [3.63, 3.8) is 0 Å². The molecule has 1 aromatic carbocycles. The maximum atomic E-state index is 12.2. The third-order valence-corrected chi connectivity index (χ3v) is 4.99. The van der Waals surface area contributed by atoms with Crippen LogP contribution in [0.25, 0.3) is 0 Å². The van der Waals surface area contributed by atoms with Gasteiger partial charge in [0.15, 0.2) is 11.5 Å². The van der Waals surface area contributed by atoms with Gasteiger partial charge in [-0.05, 0) is 32.0 Å². The predicted octanol–water partition coefficient (Wildman–Crippen LogP) is 2.46. The van der Waals surface area contributed by atoms with Crippen LogP contribution >= 0.6 is 11.8 Å². The van der Waals surface area contributed by atoms with E-state index in [4.69, 9.17) is 14.2 Å². The van der Waals surface area contributed by atoms with Crippen LogP contribution in [0.2, 0.25) is 0 Å². The van der Waals surface area contributed by atoms with Gasteiger partial charge in [-0.25, -0.2) is 9.59 Å². The van der Waals surface area contributed by atoms with Crippen LogP contribution in [0.1, 0.15) is 20.3 Å². The fourth-order valence-electron chi connectivity index (χ4n) is 2.78. The van der Waals surface area contributed by atoms with Gasteiger partial charge in [-0.1, -0.05) is 0 Å². The van der Waals surface area contributed by atoms with Gasteiger partial charge in [0.05, 0.1) is 31.4 Å². The van der Waals surface area contributed by atoms with Gasteiger partial charge in [0.2, 0.25) is 0 Å². The second kappa shape index (κ2) is 8.35. The Morgan fingerprint density at radius 3 is 2.85 bits per heavy atom. The molecule has 2 amide bonds. The van der Waals surface area contributed by atoms with Gasteiger partial charge in [-0.15, -0.1) is 11.8 Å². The van der Waals surface area contributed by atoms with Gasteiger partial charge in [0.1, 0.15) is 0 Å². The Hall–Kier alpha value is -2.35. The molecule has 0 saturated carbocycles. The van der Waals surface area contributed by atoms with E-state index in [1.54, 1.807) is 13.8 Å². The molecule has 26 heavy (non-hydrogen) atoms. The largest absolute Gasteiger partial charge is 0.490 e. The highest BCUT2D eigenvalue weighted by Crippen LogP contribution is 2.34. The van der Waals surface area contributed by atoms with Crippen LogP contribution in [0.15, 0.2) is 34.4 Å². The summed E-state index contributed by atoms with van der Waals surface area (Å²) in [4.78, 5) is 25.0. The molecule has 3 rings (SSSR count). The standard InChI is InChI=1S/C18H22N2O5S/c1-3-23-17(21)16-11(2)19-18(22)20-13(16)10-26-12-5-6-14-15(9-12)25-8-4-7-24-14/h5-6,9,11H,3-4,7-8,10H2,1-2H3,(H2,19,20,22)/t11-/m1/s1. The van der Waals surface area contributed by atoms with E-state index in [9.17, 15) is 9.59 Å². The van der Waals surface area contributed by atoms with Gasteiger partial charge < -0.3 is 24.8 Å². The number of carbonyl (C=O) groups is 2. The van der Waals surface area contributed by atoms with E-state index in [-0.39, 0.29) is 12.6 Å². The summed E-state index contributed by atoms with van der Waals surface area (Å²) in [5, 5.41) is 5.42. The number of rotatable bonds is 5. The lowest BCUT2D eigenvalue weighted by Gasteiger charge is -2.26. The molecule has 0 fully saturated rings. The maximum absolute atomic E-state index is 12.2. The number of nitrogens with one attached hydrogen (secondary N) is 2. The van der Waals surface area contributed by atoms with Crippen LogP contribution in [-0.2, 0) is 9.53 Å². The number of hydrogen-bond acceptors (Lipinski definition) is 6. The van der Waals surface area contributed by atoms with Crippen LogP contribution in [-0.4, -0.2) is 43.6 Å². The lowest BCUT2D eigenvalue weighted by atomic mass is 10.1. The molecule has 0 unspecified atom stereocenters. The first-order chi connectivity index (χ1) is 12.6. The zero-order valence-electron chi connectivity index (χ0n) is 14.8. The second-order valence-corrected chi connectivity index (χ2v) is 6.93. The van der Waals surface area contributed by atoms with E-state index in [1.807, 2.05) is 18.2 Å². The summed E-state index contributed by atoms with van der Waals surface area (Å²) >= 11 is 1.51. The Labute approximate surface area is 156 Å². The maximum Gasteiger partial charge on any atom is 0.337 e. The summed E-state index contributed by atoms with van der Waals surface area (Å²) in [6.07, 6.45) is 0.851. The molecular weight excluding hydrogens is 356 g/mol. The Balaban J connectivity index is 1.77. The van der Waals surface area contributed by atoms with Crippen LogP contribution in [0.4, 0.5) is 4.79 Å². The van der Waals surface area contributed by atoms with Crippen LogP contribution < -0.4 is 20.1 Å². The zero-order valence-corrected chi connectivity index (χ0v) is 15.6. The van der Waals surface area contributed by atoms with Crippen molar-refractivity contribution >= 4 is 23.8 Å². The SMILES string of the molecule is CCOC(=O)C1=C(CSc2ccc3c(c2)OCCCO3)NC(=O)N[C@@H]1C. The van der Waals surface area contributed by atoms with Crippen molar-refractivity contribution in [3.05, 3.63) is 29.5 Å². The monoisotopic (exact) mass is 378 g/mol. The summed E-state index contributed by atoms with van der Waals surface area (Å²) in [7, 11) is 0. The highest BCUT2D eigenvalue weighted by atomic mass is 32.2. The Bertz CT molecular complexity index is 734. The summed E-state index contributed by atoms with van der Waals surface area (Å²) < 4.78 is 16.5. The number of thioether (sulfide) groups is 1. The number of carbonyl (C=O) groups excluding carboxylic acids is 2. The van der Waals surface area contributed by atoms with E-state index < -0.39 is 12.0 Å². The van der Waals surface area contributed by atoms with Crippen molar-refractivity contribution in [2.45, 2.75) is 31.2 Å². The number of hydrogen-bond donors (Lipinski definition) is 2. The minimum absolute atomic E-state index is 0.283.